The van der Waals surface area contributed by atoms with Crippen LogP contribution in [0.25, 0.3) is 0 Å². The number of fused-ring (bicyclic) bond motifs is 1. The fourth-order valence-corrected chi connectivity index (χ4v) is 5.11. The molecule has 0 saturated heterocycles. The molecule has 8 heteroatoms. The smallest absolute Gasteiger partial charge is 0.251 e. The second-order valence-corrected chi connectivity index (χ2v) is 9.39. The third-order valence-electron chi connectivity index (χ3n) is 5.62. The number of anilines is 1. The van der Waals surface area contributed by atoms with Gasteiger partial charge in [0.05, 0.1) is 12.8 Å². The highest BCUT2D eigenvalue weighted by Gasteiger charge is 2.37. The molecule has 0 saturated carbocycles. The Kier molecular flexibility index (Phi) is 6.55. The third-order valence-corrected chi connectivity index (χ3v) is 7.22. The minimum Gasteiger partial charge on any atom is -0.497 e. The maximum Gasteiger partial charge on any atom is 0.251 e. The van der Waals surface area contributed by atoms with Crippen molar-refractivity contribution in [1.29, 1.82) is 0 Å². The van der Waals surface area contributed by atoms with E-state index in [4.69, 9.17) is 4.74 Å². The molecule has 4 rings (SSSR count). The van der Waals surface area contributed by atoms with Crippen molar-refractivity contribution in [3.63, 3.8) is 0 Å². The van der Waals surface area contributed by atoms with Gasteiger partial charge >= 0.3 is 0 Å². The van der Waals surface area contributed by atoms with Gasteiger partial charge in [-0.1, -0.05) is 24.3 Å². The van der Waals surface area contributed by atoms with Crippen LogP contribution < -0.4 is 14.4 Å². The van der Waals surface area contributed by atoms with Crippen LogP contribution in [0, 0.1) is 5.82 Å². The van der Waals surface area contributed by atoms with E-state index in [0.29, 0.717) is 28.9 Å². The second kappa shape index (κ2) is 9.54. The topological polar surface area (TPSA) is 75.7 Å². The number of nitrogens with zero attached hydrogens (tertiary/aromatic N) is 1. The highest BCUT2D eigenvalue weighted by atomic mass is 32.2. The first-order valence-electron chi connectivity index (χ1n) is 10.4. The van der Waals surface area contributed by atoms with E-state index in [1.165, 1.54) is 12.1 Å². The van der Waals surface area contributed by atoms with Gasteiger partial charge in [-0.3, -0.25) is 13.9 Å². The number of ether oxygens (including phenoxy) is 1. The molecule has 6 nitrogen and oxygen atoms in total. The van der Waals surface area contributed by atoms with Crippen molar-refractivity contribution < 1.29 is 22.9 Å². The fourth-order valence-electron chi connectivity index (χ4n) is 3.73. The molecule has 0 bridgehead atoms. The Bertz CT molecular complexity index is 1210. The molecule has 0 fully saturated rings. The van der Waals surface area contributed by atoms with Crippen LogP contribution >= 0.6 is 0 Å². The number of hydrogen-bond acceptors (Lipinski definition) is 4. The number of benzene rings is 3. The summed E-state index contributed by atoms with van der Waals surface area (Å²) in [5.74, 6) is -0.251. The van der Waals surface area contributed by atoms with Gasteiger partial charge in [0.25, 0.3) is 5.91 Å². The Morgan fingerprint density at radius 3 is 2.39 bits per heavy atom. The zero-order valence-electron chi connectivity index (χ0n) is 18.2. The largest absolute Gasteiger partial charge is 0.497 e. The molecule has 0 aliphatic carbocycles. The van der Waals surface area contributed by atoms with Gasteiger partial charge in [0.2, 0.25) is 0 Å². The molecule has 1 aliphatic rings. The summed E-state index contributed by atoms with van der Waals surface area (Å²) >= 11 is 0. The summed E-state index contributed by atoms with van der Waals surface area (Å²) in [6, 6.07) is 17.9. The lowest BCUT2D eigenvalue weighted by Crippen LogP contribution is -2.42. The molecule has 3 aromatic rings. The standard InChI is InChI=1S/C25H23FN2O4S/c1-28-22-12-7-18(25(30)27-15-17-5-10-20(32-2)11-6-17)14-21(22)24(29)23(33(28)31)13-16-3-8-19(26)9-4-16/h3-12,14,23H,13,15H2,1-2H3,(H,27,30). The molecule has 1 heterocycles. The number of carbonyl (C=O) groups excluding carboxylic acids is 2. The van der Waals surface area contributed by atoms with Crippen molar-refractivity contribution >= 4 is 28.4 Å². The minimum atomic E-state index is -1.59. The summed E-state index contributed by atoms with van der Waals surface area (Å²) in [5, 5.41) is 2.04. The molecule has 3 aromatic carbocycles. The van der Waals surface area contributed by atoms with Gasteiger partial charge in [0, 0.05) is 24.7 Å². The molecule has 1 amide bonds. The van der Waals surface area contributed by atoms with Crippen LogP contribution in [0.1, 0.15) is 31.8 Å². The summed E-state index contributed by atoms with van der Waals surface area (Å²) in [7, 11) is 1.65. The van der Waals surface area contributed by atoms with E-state index >= 15 is 0 Å². The summed E-state index contributed by atoms with van der Waals surface area (Å²) in [6.45, 7) is 0.324. The van der Waals surface area contributed by atoms with E-state index in [9.17, 15) is 18.2 Å². The lowest BCUT2D eigenvalue weighted by Gasteiger charge is -2.31. The summed E-state index contributed by atoms with van der Waals surface area (Å²) < 4.78 is 32.9. The Balaban J connectivity index is 1.52. The van der Waals surface area contributed by atoms with E-state index in [2.05, 4.69) is 5.32 Å². The van der Waals surface area contributed by atoms with E-state index in [1.807, 2.05) is 24.3 Å². The molecule has 33 heavy (non-hydrogen) atoms. The van der Waals surface area contributed by atoms with Gasteiger partial charge in [-0.05, 0) is 60.0 Å². The van der Waals surface area contributed by atoms with Crippen LogP contribution in [0.3, 0.4) is 0 Å². The average Bonchev–Trinajstić information content (AvgIpc) is 2.85. The van der Waals surface area contributed by atoms with Crippen LogP contribution in [-0.4, -0.2) is 35.3 Å². The molecule has 0 aromatic heterocycles. The number of Topliss-reactive ketones (excluding diaryl/α,β-unsaturated/α-hetero) is 1. The zero-order chi connectivity index (χ0) is 23.5. The summed E-state index contributed by atoms with van der Waals surface area (Å²) in [4.78, 5) is 25.9. The van der Waals surface area contributed by atoms with Gasteiger partial charge in [-0.2, -0.15) is 0 Å². The predicted octanol–water partition coefficient (Wildman–Crippen LogP) is 3.67. The van der Waals surface area contributed by atoms with Crippen LogP contribution in [0.15, 0.2) is 66.7 Å². The van der Waals surface area contributed by atoms with Crippen molar-refractivity contribution in [3.05, 3.63) is 94.8 Å². The third kappa shape index (κ3) is 4.80. The number of carbonyl (C=O) groups is 2. The average molecular weight is 467 g/mol. The molecule has 1 aliphatic heterocycles. The molecule has 2 atom stereocenters. The molecular formula is C25H23FN2O4S. The first-order valence-corrected chi connectivity index (χ1v) is 11.5. The molecule has 170 valence electrons. The number of amides is 1. The fraction of sp³-hybridized carbons (Fsp3) is 0.200. The number of hydrogen-bond donors (Lipinski definition) is 1. The number of methoxy groups -OCH3 is 1. The van der Waals surface area contributed by atoms with Crippen LogP contribution in [-0.2, 0) is 24.0 Å². The molecule has 0 spiro atoms. The molecule has 2 unspecified atom stereocenters. The second-order valence-electron chi connectivity index (χ2n) is 7.72. The summed E-state index contributed by atoms with van der Waals surface area (Å²) in [5.41, 5.74) is 2.83. The molecule has 0 radical (unpaired) electrons. The Hall–Kier alpha value is -3.52. The van der Waals surface area contributed by atoms with Gasteiger partial charge in [0.1, 0.15) is 27.8 Å². The maximum atomic E-state index is 13.2. The van der Waals surface area contributed by atoms with Crippen LogP contribution in [0.4, 0.5) is 10.1 Å². The minimum absolute atomic E-state index is 0.212. The van der Waals surface area contributed by atoms with Crippen molar-refractivity contribution in [2.75, 3.05) is 18.5 Å². The normalized spacial score (nSPS) is 17.4. The van der Waals surface area contributed by atoms with Gasteiger partial charge in [-0.25, -0.2) is 8.60 Å². The van der Waals surface area contributed by atoms with Crippen molar-refractivity contribution in [3.8, 4) is 5.75 Å². The Morgan fingerprint density at radius 1 is 1.06 bits per heavy atom. The first kappa shape index (κ1) is 22.7. The predicted molar refractivity (Wildman–Crippen MR) is 125 cm³/mol. The SMILES string of the molecule is COc1ccc(CNC(=O)c2ccc3c(c2)C(=O)C(Cc2ccc(F)cc2)S(=O)N3C)cc1. The first-order chi connectivity index (χ1) is 15.9. The maximum absolute atomic E-state index is 13.2. The van der Waals surface area contributed by atoms with E-state index in [1.54, 1.807) is 48.8 Å². The van der Waals surface area contributed by atoms with E-state index in [0.717, 1.165) is 11.3 Å². The van der Waals surface area contributed by atoms with Gasteiger partial charge < -0.3 is 10.1 Å². The number of ketones is 1. The van der Waals surface area contributed by atoms with Crippen molar-refractivity contribution in [2.24, 2.45) is 0 Å². The number of rotatable bonds is 6. The quantitative estimate of drug-likeness (QED) is 0.602. The highest BCUT2D eigenvalue weighted by Crippen LogP contribution is 2.32. The lowest BCUT2D eigenvalue weighted by molar-refractivity contribution is 0.0951. The van der Waals surface area contributed by atoms with E-state index < -0.39 is 16.2 Å². The number of nitrogens with one attached hydrogen (secondary N) is 1. The molecule has 1 N–H and O–H groups in total. The van der Waals surface area contributed by atoms with E-state index in [-0.39, 0.29) is 23.9 Å². The van der Waals surface area contributed by atoms with Crippen LogP contribution in [0.2, 0.25) is 0 Å². The highest BCUT2D eigenvalue weighted by molar-refractivity contribution is 7.88. The monoisotopic (exact) mass is 466 g/mol. The number of halogens is 1. The van der Waals surface area contributed by atoms with Crippen molar-refractivity contribution in [2.45, 2.75) is 18.2 Å². The lowest BCUT2D eigenvalue weighted by atomic mass is 9.98. The Morgan fingerprint density at radius 2 is 1.73 bits per heavy atom. The summed E-state index contributed by atoms with van der Waals surface area (Å²) in [6.07, 6.45) is 0.212. The zero-order valence-corrected chi connectivity index (χ0v) is 19.0. The van der Waals surface area contributed by atoms with Crippen LogP contribution in [0.5, 0.6) is 5.75 Å². The van der Waals surface area contributed by atoms with Crippen molar-refractivity contribution in [1.82, 2.24) is 5.32 Å². The molecular weight excluding hydrogens is 443 g/mol. The Labute approximate surface area is 194 Å². The van der Waals surface area contributed by atoms with Gasteiger partial charge in [0.15, 0.2) is 5.78 Å². The van der Waals surface area contributed by atoms with Gasteiger partial charge in [-0.15, -0.1) is 0 Å².